The Bertz CT molecular complexity index is 564. The molecule has 3 rings (SSSR count). The molecule has 0 amide bonds. The second kappa shape index (κ2) is 14.2. The average Bonchev–Trinajstić information content (AvgIpc) is 2.79. The number of rotatable bonds is 3. The normalized spacial score (nSPS) is 9.35. The highest BCUT2D eigenvalue weighted by molar-refractivity contribution is 6.28. The molecule has 0 aliphatic carbocycles. The molecule has 0 saturated heterocycles. The number of hydrogen-bond donors (Lipinski definition) is 0. The van der Waals surface area contributed by atoms with Gasteiger partial charge in [0.05, 0.1) is 0 Å². The van der Waals surface area contributed by atoms with Crippen molar-refractivity contribution in [2.24, 2.45) is 0 Å². The molecule has 0 aliphatic heterocycles. The standard InChI is InChI=1S/C19H15Cl.3C2H6/c20-19(16-10-4-1-5-11-16,17-12-6-2-7-13-17)18-14-8-3-9-15-18;3*1-2/h1-15H;3*1-2H3. The molecule has 1 heteroatoms. The van der Waals surface area contributed by atoms with Crippen LogP contribution in [0.25, 0.3) is 0 Å². The minimum absolute atomic E-state index is 0.649. The van der Waals surface area contributed by atoms with Gasteiger partial charge in [-0.25, -0.2) is 0 Å². The minimum Gasteiger partial charge on any atom is -0.104 e. The second-order valence-corrected chi connectivity index (χ2v) is 5.32. The van der Waals surface area contributed by atoms with Crippen LogP contribution in [0.1, 0.15) is 58.2 Å². The van der Waals surface area contributed by atoms with E-state index in [1.165, 1.54) is 0 Å². The van der Waals surface area contributed by atoms with Gasteiger partial charge in [-0.2, -0.15) is 0 Å². The molecule has 0 bridgehead atoms. The Morgan fingerprint density at radius 3 is 0.808 bits per heavy atom. The molecule has 3 aromatic rings. The first-order chi connectivity index (χ1) is 12.8. The summed E-state index contributed by atoms with van der Waals surface area (Å²) < 4.78 is 0. The molecule has 0 aliphatic rings. The molecular formula is C25H33Cl. The van der Waals surface area contributed by atoms with E-state index in [1.54, 1.807) is 0 Å². The summed E-state index contributed by atoms with van der Waals surface area (Å²) >= 11 is 7.12. The van der Waals surface area contributed by atoms with Gasteiger partial charge in [-0.15, -0.1) is 11.6 Å². The van der Waals surface area contributed by atoms with E-state index in [4.69, 9.17) is 11.6 Å². The first-order valence-corrected chi connectivity index (χ1v) is 10.0. The van der Waals surface area contributed by atoms with Crippen molar-refractivity contribution in [1.82, 2.24) is 0 Å². The molecule has 0 nitrogen and oxygen atoms in total. The van der Waals surface area contributed by atoms with Gasteiger partial charge >= 0.3 is 0 Å². The highest BCUT2D eigenvalue weighted by Crippen LogP contribution is 2.42. The Kier molecular flexibility index (Phi) is 13.0. The lowest BCUT2D eigenvalue weighted by atomic mass is 9.84. The number of hydrogen-bond acceptors (Lipinski definition) is 0. The van der Waals surface area contributed by atoms with Crippen LogP contribution in [0.3, 0.4) is 0 Å². The van der Waals surface area contributed by atoms with E-state index < -0.39 is 4.87 Å². The Labute approximate surface area is 165 Å². The van der Waals surface area contributed by atoms with Gasteiger partial charge in [-0.3, -0.25) is 0 Å². The van der Waals surface area contributed by atoms with E-state index in [9.17, 15) is 0 Å². The SMILES string of the molecule is CC.CC.CC.ClC(c1ccccc1)(c1ccccc1)c1ccccc1. The minimum atomic E-state index is -0.649. The second-order valence-electron chi connectivity index (χ2n) is 4.76. The van der Waals surface area contributed by atoms with Crippen molar-refractivity contribution in [3.05, 3.63) is 108 Å². The summed E-state index contributed by atoms with van der Waals surface area (Å²) in [7, 11) is 0. The summed E-state index contributed by atoms with van der Waals surface area (Å²) in [6, 6.07) is 30.6. The fourth-order valence-electron chi connectivity index (χ4n) is 2.50. The summed E-state index contributed by atoms with van der Waals surface area (Å²) in [6.45, 7) is 12.0. The fourth-order valence-corrected chi connectivity index (χ4v) is 2.88. The Hall–Kier alpha value is -2.05. The molecule has 0 atom stereocenters. The summed E-state index contributed by atoms with van der Waals surface area (Å²) in [6.07, 6.45) is 0. The lowest BCUT2D eigenvalue weighted by Gasteiger charge is -2.29. The van der Waals surface area contributed by atoms with Crippen molar-refractivity contribution in [2.75, 3.05) is 0 Å². The predicted molar refractivity (Wildman–Crippen MR) is 119 cm³/mol. The van der Waals surface area contributed by atoms with Gasteiger partial charge in [0.25, 0.3) is 0 Å². The first kappa shape index (κ1) is 23.9. The van der Waals surface area contributed by atoms with E-state index in [0.29, 0.717) is 0 Å². The van der Waals surface area contributed by atoms with Gasteiger partial charge < -0.3 is 0 Å². The van der Waals surface area contributed by atoms with Crippen LogP contribution in [0.2, 0.25) is 0 Å². The first-order valence-electron chi connectivity index (χ1n) is 9.67. The van der Waals surface area contributed by atoms with Crippen molar-refractivity contribution >= 4 is 11.6 Å². The largest absolute Gasteiger partial charge is 0.119 e. The molecule has 0 radical (unpaired) electrons. The molecular weight excluding hydrogens is 336 g/mol. The third-order valence-corrected chi connectivity index (χ3v) is 4.17. The topological polar surface area (TPSA) is 0 Å². The maximum atomic E-state index is 7.12. The van der Waals surface area contributed by atoms with Gasteiger partial charge in [0, 0.05) is 0 Å². The molecule has 26 heavy (non-hydrogen) atoms. The van der Waals surface area contributed by atoms with Crippen molar-refractivity contribution in [1.29, 1.82) is 0 Å². The summed E-state index contributed by atoms with van der Waals surface area (Å²) in [5.74, 6) is 0. The van der Waals surface area contributed by atoms with Crippen LogP contribution in [0, 0.1) is 0 Å². The molecule has 0 unspecified atom stereocenters. The van der Waals surface area contributed by atoms with Crippen molar-refractivity contribution in [2.45, 2.75) is 46.4 Å². The predicted octanol–water partition coefficient (Wildman–Crippen LogP) is 8.30. The third kappa shape index (κ3) is 6.04. The fraction of sp³-hybridized carbons (Fsp3) is 0.280. The molecule has 0 fully saturated rings. The summed E-state index contributed by atoms with van der Waals surface area (Å²) in [4.78, 5) is -0.649. The van der Waals surface area contributed by atoms with Gasteiger partial charge in [-0.1, -0.05) is 133 Å². The van der Waals surface area contributed by atoms with Crippen molar-refractivity contribution < 1.29 is 0 Å². The van der Waals surface area contributed by atoms with Crippen LogP contribution in [0.5, 0.6) is 0 Å². The van der Waals surface area contributed by atoms with Crippen molar-refractivity contribution in [3.63, 3.8) is 0 Å². The molecule has 0 N–H and O–H groups in total. The molecule has 0 aromatic heterocycles. The maximum absolute atomic E-state index is 7.12. The number of halogens is 1. The smallest absolute Gasteiger partial charge is 0.104 e. The molecule has 140 valence electrons. The highest BCUT2D eigenvalue weighted by atomic mass is 35.5. The summed E-state index contributed by atoms with van der Waals surface area (Å²) in [5.41, 5.74) is 3.25. The highest BCUT2D eigenvalue weighted by Gasteiger charge is 2.33. The van der Waals surface area contributed by atoms with Crippen LogP contribution in [-0.2, 0) is 4.87 Å². The lowest BCUT2D eigenvalue weighted by Crippen LogP contribution is -2.22. The van der Waals surface area contributed by atoms with Gasteiger partial charge in [0.2, 0.25) is 0 Å². The number of benzene rings is 3. The summed E-state index contributed by atoms with van der Waals surface area (Å²) in [5, 5.41) is 0. The molecule has 3 aromatic carbocycles. The van der Waals surface area contributed by atoms with Gasteiger partial charge in [0.1, 0.15) is 4.87 Å². The van der Waals surface area contributed by atoms with E-state index >= 15 is 0 Å². The molecule has 0 spiro atoms. The maximum Gasteiger partial charge on any atom is 0.119 e. The van der Waals surface area contributed by atoms with Crippen LogP contribution in [0.4, 0.5) is 0 Å². The Morgan fingerprint density at radius 2 is 0.615 bits per heavy atom. The van der Waals surface area contributed by atoms with Crippen LogP contribution >= 0.6 is 11.6 Å². The lowest BCUT2D eigenvalue weighted by molar-refractivity contribution is 0.879. The average molecular weight is 369 g/mol. The monoisotopic (exact) mass is 368 g/mol. The molecule has 0 heterocycles. The van der Waals surface area contributed by atoms with Gasteiger partial charge in [0.15, 0.2) is 0 Å². The van der Waals surface area contributed by atoms with Crippen LogP contribution in [-0.4, -0.2) is 0 Å². The van der Waals surface area contributed by atoms with Crippen molar-refractivity contribution in [3.8, 4) is 0 Å². The van der Waals surface area contributed by atoms with Crippen LogP contribution in [0.15, 0.2) is 91.0 Å². The van der Waals surface area contributed by atoms with E-state index in [-0.39, 0.29) is 0 Å². The zero-order chi connectivity index (χ0) is 19.8. The van der Waals surface area contributed by atoms with E-state index in [1.807, 2.05) is 96.1 Å². The Morgan fingerprint density at radius 1 is 0.423 bits per heavy atom. The van der Waals surface area contributed by atoms with E-state index in [2.05, 4.69) is 36.4 Å². The molecule has 0 saturated carbocycles. The van der Waals surface area contributed by atoms with Crippen LogP contribution < -0.4 is 0 Å². The third-order valence-electron chi connectivity index (χ3n) is 3.51. The zero-order valence-corrected chi connectivity index (χ0v) is 17.8. The Balaban J connectivity index is 0.000000948. The quantitative estimate of drug-likeness (QED) is 0.322. The van der Waals surface area contributed by atoms with E-state index in [0.717, 1.165) is 16.7 Å². The van der Waals surface area contributed by atoms with Gasteiger partial charge in [-0.05, 0) is 16.7 Å². The number of alkyl halides is 1. The zero-order valence-electron chi connectivity index (χ0n) is 17.0.